The minimum Gasteiger partial charge on any atom is -0.496 e. The number of hydrogen-bond donors (Lipinski definition) is 0. The van der Waals surface area contributed by atoms with Gasteiger partial charge in [0.1, 0.15) is 11.3 Å². The Morgan fingerprint density at radius 2 is 1.74 bits per heavy atom. The second kappa shape index (κ2) is 8.99. The first-order valence-corrected chi connectivity index (χ1v) is 11.7. The molecular formula is C29H30N2O3. The van der Waals surface area contributed by atoms with Gasteiger partial charge >= 0.3 is 0 Å². The topological polar surface area (TPSA) is 45.9 Å². The lowest BCUT2D eigenvalue weighted by Crippen LogP contribution is -2.46. The number of piperazine rings is 1. The molecule has 5 nitrogen and oxygen atoms in total. The molecule has 4 aromatic rings. The van der Waals surface area contributed by atoms with Crippen LogP contribution in [0.3, 0.4) is 0 Å². The zero-order valence-corrected chi connectivity index (χ0v) is 20.2. The molecule has 1 aliphatic rings. The Morgan fingerprint density at radius 1 is 1.00 bits per heavy atom. The van der Waals surface area contributed by atoms with Crippen molar-refractivity contribution in [1.82, 2.24) is 9.80 Å². The highest BCUT2D eigenvalue weighted by Crippen LogP contribution is 2.42. The minimum absolute atomic E-state index is 0.0480. The van der Waals surface area contributed by atoms with Crippen molar-refractivity contribution in [2.45, 2.75) is 13.8 Å². The maximum absolute atomic E-state index is 13.0. The maximum atomic E-state index is 13.0. The third-order valence-electron chi connectivity index (χ3n) is 6.91. The van der Waals surface area contributed by atoms with Gasteiger partial charge in [-0.1, -0.05) is 42.5 Å². The van der Waals surface area contributed by atoms with Crippen molar-refractivity contribution in [3.8, 4) is 16.9 Å². The summed E-state index contributed by atoms with van der Waals surface area (Å²) in [7, 11) is 3.76. The van der Waals surface area contributed by atoms with E-state index < -0.39 is 0 Å². The molecule has 1 aliphatic heterocycles. The molecule has 0 saturated carbocycles. The van der Waals surface area contributed by atoms with Crippen molar-refractivity contribution in [3.63, 3.8) is 0 Å². The molecule has 2 heterocycles. The molecule has 5 heteroatoms. The molecule has 0 radical (unpaired) electrons. The van der Waals surface area contributed by atoms with Crippen LogP contribution >= 0.6 is 0 Å². The van der Waals surface area contributed by atoms with Crippen LogP contribution in [0.5, 0.6) is 5.75 Å². The number of furan rings is 1. The molecule has 1 amide bonds. The van der Waals surface area contributed by atoms with Gasteiger partial charge < -0.3 is 19.0 Å². The largest absolute Gasteiger partial charge is 0.496 e. The van der Waals surface area contributed by atoms with Crippen LogP contribution in [0, 0.1) is 6.92 Å². The Bertz CT molecular complexity index is 1400. The predicted octanol–water partition coefficient (Wildman–Crippen LogP) is 5.75. The van der Waals surface area contributed by atoms with Crippen molar-refractivity contribution in [3.05, 3.63) is 72.0 Å². The average molecular weight is 455 g/mol. The number of carbonyl (C=O) groups is 1. The monoisotopic (exact) mass is 454 g/mol. The molecule has 1 fully saturated rings. The van der Waals surface area contributed by atoms with E-state index in [1.54, 1.807) is 13.2 Å². The fourth-order valence-electron chi connectivity index (χ4n) is 4.92. The number of benzene rings is 3. The molecule has 34 heavy (non-hydrogen) atoms. The summed E-state index contributed by atoms with van der Waals surface area (Å²) >= 11 is 0. The van der Waals surface area contributed by atoms with Crippen molar-refractivity contribution in [2.75, 3.05) is 40.3 Å². The molecule has 0 bridgehead atoms. The zero-order valence-electron chi connectivity index (χ0n) is 20.2. The number of methoxy groups -OCH3 is 1. The summed E-state index contributed by atoms with van der Waals surface area (Å²) in [6.07, 6.45) is 3.57. The smallest absolute Gasteiger partial charge is 0.246 e. The average Bonchev–Trinajstić information content (AvgIpc) is 3.28. The van der Waals surface area contributed by atoms with Gasteiger partial charge in [0.05, 0.1) is 13.4 Å². The van der Waals surface area contributed by atoms with Crippen LogP contribution in [0.2, 0.25) is 0 Å². The van der Waals surface area contributed by atoms with Gasteiger partial charge in [0.2, 0.25) is 5.91 Å². The number of nitrogens with zero attached hydrogens (tertiary/aromatic N) is 2. The molecule has 174 valence electrons. The van der Waals surface area contributed by atoms with Crippen LogP contribution in [0.25, 0.3) is 38.4 Å². The molecule has 0 N–H and O–H groups in total. The summed E-state index contributed by atoms with van der Waals surface area (Å²) in [5, 5.41) is 3.39. The summed E-state index contributed by atoms with van der Waals surface area (Å²) < 4.78 is 11.9. The number of amides is 1. The lowest BCUT2D eigenvalue weighted by Gasteiger charge is -2.31. The quantitative estimate of drug-likeness (QED) is 0.369. The number of hydrogen-bond acceptors (Lipinski definition) is 4. The number of rotatable bonds is 4. The van der Waals surface area contributed by atoms with E-state index >= 15 is 0 Å². The van der Waals surface area contributed by atoms with E-state index in [2.05, 4.69) is 60.5 Å². The summed E-state index contributed by atoms with van der Waals surface area (Å²) in [4.78, 5) is 17.2. The zero-order chi connectivity index (χ0) is 23.8. The Labute approximate surface area is 200 Å². The second-order valence-electron chi connectivity index (χ2n) is 9.09. The Balaban J connectivity index is 1.62. The molecular weight excluding hydrogens is 424 g/mol. The van der Waals surface area contributed by atoms with Gasteiger partial charge in [-0.25, -0.2) is 0 Å². The third-order valence-corrected chi connectivity index (χ3v) is 6.91. The number of carbonyl (C=O) groups excluding carboxylic acids is 1. The molecule has 1 aromatic heterocycles. The summed E-state index contributed by atoms with van der Waals surface area (Å²) in [6.45, 7) is 7.29. The summed E-state index contributed by atoms with van der Waals surface area (Å²) in [6, 6.07) is 16.8. The Kier molecular flexibility index (Phi) is 5.88. The van der Waals surface area contributed by atoms with Gasteiger partial charge in [0.25, 0.3) is 0 Å². The second-order valence-corrected chi connectivity index (χ2v) is 9.09. The number of aryl methyl sites for hydroxylation is 1. The van der Waals surface area contributed by atoms with Crippen LogP contribution in [0.1, 0.15) is 18.1 Å². The number of likely N-dealkylation sites (N-methyl/N-ethyl adjacent to an activating group) is 1. The Morgan fingerprint density at radius 3 is 2.50 bits per heavy atom. The normalized spacial score (nSPS) is 15.3. The highest BCUT2D eigenvalue weighted by molar-refractivity contribution is 6.07. The van der Waals surface area contributed by atoms with E-state index in [0.717, 1.165) is 70.7 Å². The highest BCUT2D eigenvalue weighted by Gasteiger charge is 2.21. The van der Waals surface area contributed by atoms with Gasteiger partial charge in [-0.15, -0.1) is 0 Å². The van der Waals surface area contributed by atoms with Crippen LogP contribution in [0.4, 0.5) is 0 Å². The van der Waals surface area contributed by atoms with Gasteiger partial charge in [-0.2, -0.15) is 0 Å². The molecule has 3 aromatic carbocycles. The van der Waals surface area contributed by atoms with E-state index in [9.17, 15) is 4.79 Å². The lowest BCUT2D eigenvalue weighted by atomic mass is 9.94. The van der Waals surface area contributed by atoms with Crippen molar-refractivity contribution in [1.29, 1.82) is 0 Å². The Hall–Kier alpha value is -3.57. The number of ether oxygens (including phenoxy) is 1. The first kappa shape index (κ1) is 22.2. The highest BCUT2D eigenvalue weighted by atomic mass is 16.5. The van der Waals surface area contributed by atoms with Gasteiger partial charge in [0.15, 0.2) is 0 Å². The fraction of sp³-hybridized carbons (Fsp3) is 0.276. The SMILES string of the molecule is COc1c(/C(C)=C/C(=O)N2CCN(C)CC2)cc2c(-c3cccc4ccccc34)coc2c1C. The van der Waals surface area contributed by atoms with Crippen LogP contribution in [-0.4, -0.2) is 56.0 Å². The lowest BCUT2D eigenvalue weighted by molar-refractivity contribution is -0.127. The minimum atomic E-state index is 0.0480. The first-order chi connectivity index (χ1) is 16.5. The standard InChI is InChI=1S/C29H30N2O3/c1-19(16-27(32)31-14-12-30(3)13-15-31)24-17-25-26(18-34-29(25)20(2)28(24)33-4)23-11-7-9-21-8-5-6-10-22(21)23/h5-11,16-18H,12-15H2,1-4H3/b19-16+. The van der Waals surface area contributed by atoms with Crippen molar-refractivity contribution >= 4 is 33.2 Å². The molecule has 1 saturated heterocycles. The number of fused-ring (bicyclic) bond motifs is 2. The third kappa shape index (κ3) is 3.86. The molecule has 0 unspecified atom stereocenters. The predicted molar refractivity (Wildman–Crippen MR) is 138 cm³/mol. The van der Waals surface area contributed by atoms with Gasteiger partial charge in [-0.05, 0) is 48.9 Å². The van der Waals surface area contributed by atoms with Crippen molar-refractivity contribution < 1.29 is 13.9 Å². The van der Waals surface area contributed by atoms with E-state index in [4.69, 9.17) is 9.15 Å². The number of allylic oxidation sites excluding steroid dienone is 1. The van der Waals surface area contributed by atoms with Crippen molar-refractivity contribution in [2.24, 2.45) is 0 Å². The summed E-state index contributed by atoms with van der Waals surface area (Å²) in [5.74, 6) is 0.790. The van der Waals surface area contributed by atoms with Crippen LogP contribution < -0.4 is 4.74 Å². The molecule has 0 spiro atoms. The summed E-state index contributed by atoms with van der Waals surface area (Å²) in [5.41, 5.74) is 5.70. The molecule has 0 atom stereocenters. The molecule has 5 rings (SSSR count). The maximum Gasteiger partial charge on any atom is 0.246 e. The van der Waals surface area contributed by atoms with E-state index in [-0.39, 0.29) is 5.91 Å². The van der Waals surface area contributed by atoms with Gasteiger partial charge in [-0.3, -0.25) is 4.79 Å². The fourth-order valence-corrected chi connectivity index (χ4v) is 4.92. The first-order valence-electron chi connectivity index (χ1n) is 11.7. The van der Waals surface area contributed by atoms with Crippen LogP contribution in [-0.2, 0) is 4.79 Å². The van der Waals surface area contributed by atoms with E-state index in [0.29, 0.717) is 0 Å². The van der Waals surface area contributed by atoms with E-state index in [1.165, 1.54) is 10.8 Å². The van der Waals surface area contributed by atoms with Crippen LogP contribution in [0.15, 0.2) is 65.3 Å². The van der Waals surface area contributed by atoms with E-state index in [1.807, 2.05) is 25.0 Å². The molecule has 0 aliphatic carbocycles. The van der Waals surface area contributed by atoms with Gasteiger partial charge in [0, 0.05) is 54.3 Å².